The average molecular weight is 460 g/mol. The van der Waals surface area contributed by atoms with E-state index in [0.717, 1.165) is 0 Å². The van der Waals surface area contributed by atoms with E-state index < -0.39 is 17.7 Å². The van der Waals surface area contributed by atoms with Crippen LogP contribution in [0.3, 0.4) is 0 Å². The van der Waals surface area contributed by atoms with Crippen molar-refractivity contribution in [3.8, 4) is 11.5 Å². The highest BCUT2D eigenvalue weighted by atomic mass is 35.5. The van der Waals surface area contributed by atoms with E-state index in [1.54, 1.807) is 30.3 Å². The molecule has 1 aliphatic rings. The van der Waals surface area contributed by atoms with Crippen molar-refractivity contribution < 1.29 is 23.9 Å². The second-order valence-electron chi connectivity index (χ2n) is 6.33. The quantitative estimate of drug-likeness (QED) is 0.374. The number of hydrogen-bond acceptors (Lipinski definition) is 6. The number of anilines is 1. The van der Waals surface area contributed by atoms with Crippen LogP contribution < -0.4 is 25.4 Å². The molecule has 3 rings (SSSR count). The molecule has 0 aromatic heterocycles. The van der Waals surface area contributed by atoms with Crippen LogP contribution in [0.25, 0.3) is 6.08 Å². The predicted molar refractivity (Wildman–Crippen MR) is 120 cm³/mol. The molecule has 10 heteroatoms. The summed E-state index contributed by atoms with van der Waals surface area (Å²) in [4.78, 5) is 37.6. The minimum atomic E-state index is -0.642. The van der Waals surface area contributed by atoms with Gasteiger partial charge in [0.05, 0.1) is 17.3 Å². The van der Waals surface area contributed by atoms with Gasteiger partial charge in [-0.2, -0.15) is 0 Å². The van der Waals surface area contributed by atoms with Gasteiger partial charge in [-0.1, -0.05) is 17.7 Å². The Kier molecular flexibility index (Phi) is 6.88. The molecule has 1 saturated heterocycles. The first-order valence-electron chi connectivity index (χ1n) is 9.15. The highest BCUT2D eigenvalue weighted by Gasteiger charge is 2.34. The van der Waals surface area contributed by atoms with Crippen molar-refractivity contribution >= 4 is 58.4 Å². The van der Waals surface area contributed by atoms with E-state index in [0.29, 0.717) is 23.6 Å². The Labute approximate surface area is 188 Å². The Morgan fingerprint density at radius 1 is 1.19 bits per heavy atom. The number of benzene rings is 2. The number of rotatable bonds is 7. The fourth-order valence-corrected chi connectivity index (χ4v) is 3.31. The van der Waals surface area contributed by atoms with Gasteiger partial charge in [0.1, 0.15) is 17.1 Å². The largest absolute Gasteiger partial charge is 0.494 e. The highest BCUT2D eigenvalue weighted by molar-refractivity contribution is 7.80. The zero-order valence-electron chi connectivity index (χ0n) is 16.4. The average Bonchev–Trinajstić information content (AvgIpc) is 2.71. The Hall–Kier alpha value is -3.43. The molecule has 1 aliphatic heterocycles. The van der Waals surface area contributed by atoms with Crippen molar-refractivity contribution in [3.05, 3.63) is 58.6 Å². The third-order valence-electron chi connectivity index (χ3n) is 4.14. The molecule has 31 heavy (non-hydrogen) atoms. The molecule has 0 bridgehead atoms. The highest BCUT2D eigenvalue weighted by Crippen LogP contribution is 2.28. The van der Waals surface area contributed by atoms with Crippen molar-refractivity contribution in [1.82, 2.24) is 5.32 Å². The number of primary amides is 1. The van der Waals surface area contributed by atoms with Crippen molar-refractivity contribution in [2.24, 2.45) is 5.73 Å². The molecule has 1 heterocycles. The molecule has 8 nitrogen and oxygen atoms in total. The molecule has 3 N–H and O–H groups in total. The van der Waals surface area contributed by atoms with E-state index in [4.69, 9.17) is 39.0 Å². The van der Waals surface area contributed by atoms with Gasteiger partial charge in [0, 0.05) is 0 Å². The molecule has 0 radical (unpaired) electrons. The number of hydrogen-bond donors (Lipinski definition) is 2. The Balaban J connectivity index is 1.88. The monoisotopic (exact) mass is 459 g/mol. The summed E-state index contributed by atoms with van der Waals surface area (Å²) in [7, 11) is 0. The smallest absolute Gasteiger partial charge is 0.270 e. The molecule has 2 aromatic carbocycles. The first kappa shape index (κ1) is 22.3. The number of halogens is 1. The summed E-state index contributed by atoms with van der Waals surface area (Å²) in [6.45, 7) is 2.06. The standard InChI is InChI=1S/C21H18ClN3O5S/c1-2-29-14-6-4-13(5-7-14)25-20(28)15(19(27)24-21(25)31)9-12-3-8-17(16(22)10-12)30-11-18(23)26/h3-10H,2,11H2,1H3,(H2,23,26)(H,24,27,31). The second-order valence-corrected chi connectivity index (χ2v) is 7.12. The van der Waals surface area contributed by atoms with Gasteiger partial charge in [-0.05, 0) is 67.2 Å². The van der Waals surface area contributed by atoms with Crippen LogP contribution in [0.1, 0.15) is 12.5 Å². The topological polar surface area (TPSA) is 111 Å². The van der Waals surface area contributed by atoms with Gasteiger partial charge < -0.3 is 15.2 Å². The zero-order valence-corrected chi connectivity index (χ0v) is 18.0. The van der Waals surface area contributed by atoms with Crippen molar-refractivity contribution in [2.45, 2.75) is 6.92 Å². The molecule has 2 aromatic rings. The van der Waals surface area contributed by atoms with Crippen LogP contribution in [0, 0.1) is 0 Å². The zero-order chi connectivity index (χ0) is 22.5. The number of thiocarbonyl (C=S) groups is 1. The minimum absolute atomic E-state index is 0.0236. The molecule has 0 spiro atoms. The van der Waals surface area contributed by atoms with Gasteiger partial charge in [-0.25, -0.2) is 0 Å². The van der Waals surface area contributed by atoms with Crippen molar-refractivity contribution in [3.63, 3.8) is 0 Å². The van der Waals surface area contributed by atoms with Gasteiger partial charge in [0.25, 0.3) is 17.7 Å². The lowest BCUT2D eigenvalue weighted by Crippen LogP contribution is -2.54. The first-order valence-corrected chi connectivity index (χ1v) is 9.93. The van der Waals surface area contributed by atoms with E-state index in [2.05, 4.69) is 5.32 Å². The summed E-state index contributed by atoms with van der Waals surface area (Å²) in [5.74, 6) is -0.948. The fraction of sp³-hybridized carbons (Fsp3) is 0.143. The van der Waals surface area contributed by atoms with Crippen LogP contribution >= 0.6 is 23.8 Å². The van der Waals surface area contributed by atoms with Crippen LogP contribution in [-0.2, 0) is 14.4 Å². The second kappa shape index (κ2) is 9.59. The minimum Gasteiger partial charge on any atom is -0.494 e. The Bertz CT molecular complexity index is 1080. The number of amides is 3. The lowest BCUT2D eigenvalue weighted by Gasteiger charge is -2.29. The summed E-state index contributed by atoms with van der Waals surface area (Å²) in [5, 5.41) is 2.69. The van der Waals surface area contributed by atoms with Gasteiger partial charge in [0.2, 0.25) is 0 Å². The van der Waals surface area contributed by atoms with Crippen LogP contribution in [-0.4, -0.2) is 36.0 Å². The van der Waals surface area contributed by atoms with E-state index in [9.17, 15) is 14.4 Å². The number of carbonyl (C=O) groups excluding carboxylic acids is 3. The summed E-state index contributed by atoms with van der Waals surface area (Å²) in [6, 6.07) is 11.4. The van der Waals surface area contributed by atoms with E-state index in [-0.39, 0.29) is 28.1 Å². The summed E-state index contributed by atoms with van der Waals surface area (Å²) in [6.07, 6.45) is 1.39. The number of nitrogens with one attached hydrogen (secondary N) is 1. The molecule has 0 saturated carbocycles. The molecular formula is C21H18ClN3O5S. The fourth-order valence-electron chi connectivity index (χ4n) is 2.79. The SMILES string of the molecule is CCOc1ccc(N2C(=O)C(=Cc3ccc(OCC(N)=O)c(Cl)c3)C(=O)NC2=S)cc1. The van der Waals surface area contributed by atoms with E-state index in [1.807, 2.05) is 6.92 Å². The lowest BCUT2D eigenvalue weighted by atomic mass is 10.1. The Morgan fingerprint density at radius 3 is 2.52 bits per heavy atom. The van der Waals surface area contributed by atoms with Gasteiger partial charge in [0.15, 0.2) is 11.7 Å². The molecule has 0 aliphatic carbocycles. The third kappa shape index (κ3) is 5.19. The van der Waals surface area contributed by atoms with Gasteiger partial charge in [-0.15, -0.1) is 0 Å². The summed E-state index contributed by atoms with van der Waals surface area (Å²) in [5.41, 5.74) is 5.89. The number of carbonyl (C=O) groups is 3. The van der Waals surface area contributed by atoms with E-state index in [1.165, 1.54) is 23.1 Å². The summed E-state index contributed by atoms with van der Waals surface area (Å²) >= 11 is 11.3. The van der Waals surface area contributed by atoms with Crippen LogP contribution in [0.2, 0.25) is 5.02 Å². The molecular weight excluding hydrogens is 442 g/mol. The molecule has 3 amide bonds. The Morgan fingerprint density at radius 2 is 1.90 bits per heavy atom. The van der Waals surface area contributed by atoms with Gasteiger partial charge >= 0.3 is 0 Å². The van der Waals surface area contributed by atoms with Crippen molar-refractivity contribution in [1.29, 1.82) is 0 Å². The molecule has 0 unspecified atom stereocenters. The maximum Gasteiger partial charge on any atom is 0.270 e. The predicted octanol–water partition coefficient (Wildman–Crippen LogP) is 2.43. The lowest BCUT2D eigenvalue weighted by molar-refractivity contribution is -0.122. The van der Waals surface area contributed by atoms with Gasteiger partial charge in [-0.3, -0.25) is 24.6 Å². The number of nitrogens with zero attached hydrogens (tertiary/aromatic N) is 1. The molecule has 1 fully saturated rings. The number of nitrogens with two attached hydrogens (primary N) is 1. The van der Waals surface area contributed by atoms with Crippen LogP contribution in [0.4, 0.5) is 5.69 Å². The molecule has 160 valence electrons. The van der Waals surface area contributed by atoms with Crippen molar-refractivity contribution in [2.75, 3.05) is 18.1 Å². The first-order chi connectivity index (χ1) is 14.8. The maximum atomic E-state index is 13.1. The van der Waals surface area contributed by atoms with E-state index >= 15 is 0 Å². The van der Waals surface area contributed by atoms with Crippen LogP contribution in [0.15, 0.2) is 48.0 Å². The summed E-state index contributed by atoms with van der Waals surface area (Å²) < 4.78 is 10.6. The third-order valence-corrected chi connectivity index (χ3v) is 4.72. The normalized spacial score (nSPS) is 15.1. The maximum absolute atomic E-state index is 13.1. The van der Waals surface area contributed by atoms with Crippen LogP contribution in [0.5, 0.6) is 11.5 Å². The number of ether oxygens (including phenoxy) is 2. The molecule has 0 atom stereocenters.